The third kappa shape index (κ3) is 3.27. The number of hydrogen-bond donors (Lipinski definition) is 0. The Morgan fingerprint density at radius 1 is 1.16 bits per heavy atom. The molecule has 2 rings (SSSR count). The van der Waals surface area contributed by atoms with Gasteiger partial charge in [0.05, 0.1) is 11.3 Å². The number of nitriles is 1. The van der Waals surface area contributed by atoms with Crippen LogP contribution in [-0.4, -0.2) is 7.05 Å². The Morgan fingerprint density at radius 2 is 1.84 bits per heavy atom. The molecular formula is C16H15ClN2. The molecule has 0 aromatic heterocycles. The Hall–Kier alpha value is -1.98. The second-order valence-electron chi connectivity index (χ2n) is 4.61. The van der Waals surface area contributed by atoms with Gasteiger partial charge in [-0.15, -0.1) is 0 Å². The molecule has 0 saturated heterocycles. The van der Waals surface area contributed by atoms with E-state index in [0.29, 0.717) is 10.6 Å². The highest BCUT2D eigenvalue weighted by molar-refractivity contribution is 6.30. The maximum absolute atomic E-state index is 9.14. The lowest BCUT2D eigenvalue weighted by molar-refractivity contribution is 0.920. The quantitative estimate of drug-likeness (QED) is 0.837. The van der Waals surface area contributed by atoms with Crippen LogP contribution in [0.2, 0.25) is 5.02 Å². The molecule has 0 aliphatic heterocycles. The highest BCUT2D eigenvalue weighted by Gasteiger charge is 2.08. The van der Waals surface area contributed by atoms with Crippen LogP contribution in [0.5, 0.6) is 0 Å². The van der Waals surface area contributed by atoms with Gasteiger partial charge in [0.25, 0.3) is 0 Å². The van der Waals surface area contributed by atoms with Crippen molar-refractivity contribution in [3.8, 4) is 6.07 Å². The van der Waals surface area contributed by atoms with E-state index in [1.165, 1.54) is 11.1 Å². The zero-order valence-corrected chi connectivity index (χ0v) is 11.8. The first-order valence-corrected chi connectivity index (χ1v) is 6.44. The molecule has 0 N–H and O–H groups in total. The number of nitrogens with zero attached hydrogens (tertiary/aromatic N) is 2. The van der Waals surface area contributed by atoms with Crippen LogP contribution in [0, 0.1) is 18.3 Å². The minimum absolute atomic E-state index is 0.638. The summed E-state index contributed by atoms with van der Waals surface area (Å²) in [4.78, 5) is 2.04. The first-order chi connectivity index (χ1) is 9.10. The topological polar surface area (TPSA) is 27.0 Å². The molecule has 0 atom stereocenters. The fourth-order valence-corrected chi connectivity index (χ4v) is 2.13. The molecule has 2 aromatic carbocycles. The Kier molecular flexibility index (Phi) is 4.09. The Labute approximate surface area is 118 Å². The van der Waals surface area contributed by atoms with E-state index in [0.717, 1.165) is 12.2 Å². The molecule has 0 saturated carbocycles. The number of anilines is 1. The van der Waals surface area contributed by atoms with Gasteiger partial charge in [0, 0.05) is 18.6 Å². The van der Waals surface area contributed by atoms with Gasteiger partial charge >= 0.3 is 0 Å². The number of halogens is 1. The van der Waals surface area contributed by atoms with Gasteiger partial charge in [-0.25, -0.2) is 0 Å². The third-order valence-corrected chi connectivity index (χ3v) is 3.27. The van der Waals surface area contributed by atoms with Crippen LogP contribution >= 0.6 is 11.6 Å². The van der Waals surface area contributed by atoms with Crippen LogP contribution in [0.25, 0.3) is 0 Å². The molecule has 3 heteroatoms. The molecule has 0 spiro atoms. The van der Waals surface area contributed by atoms with Crippen molar-refractivity contribution in [2.75, 3.05) is 11.9 Å². The highest BCUT2D eigenvalue weighted by Crippen LogP contribution is 2.24. The molecule has 0 radical (unpaired) electrons. The summed E-state index contributed by atoms with van der Waals surface area (Å²) in [6.07, 6.45) is 0. The number of aryl methyl sites for hydroxylation is 1. The summed E-state index contributed by atoms with van der Waals surface area (Å²) in [5.74, 6) is 0. The molecule has 0 fully saturated rings. The van der Waals surface area contributed by atoms with Crippen molar-refractivity contribution in [1.29, 1.82) is 5.26 Å². The minimum Gasteiger partial charge on any atom is -0.369 e. The van der Waals surface area contributed by atoms with Crippen molar-refractivity contribution in [2.45, 2.75) is 13.5 Å². The maximum atomic E-state index is 9.14. The Balaban J connectivity index is 2.25. The molecule has 0 aliphatic rings. The summed E-state index contributed by atoms with van der Waals surface area (Å²) >= 11 is 6.01. The summed E-state index contributed by atoms with van der Waals surface area (Å²) in [6.45, 7) is 2.81. The van der Waals surface area contributed by atoms with E-state index in [-0.39, 0.29) is 0 Å². The van der Waals surface area contributed by atoms with Crippen molar-refractivity contribution in [3.63, 3.8) is 0 Å². The summed E-state index contributed by atoms with van der Waals surface area (Å²) in [5.41, 5.74) is 3.94. The van der Waals surface area contributed by atoms with E-state index in [2.05, 4.69) is 37.3 Å². The van der Waals surface area contributed by atoms with Crippen LogP contribution in [0.4, 0.5) is 5.69 Å². The maximum Gasteiger partial charge on any atom is 0.101 e. The van der Waals surface area contributed by atoms with E-state index >= 15 is 0 Å². The first-order valence-electron chi connectivity index (χ1n) is 6.06. The molecule has 2 aromatic rings. The first kappa shape index (κ1) is 13.5. The van der Waals surface area contributed by atoms with Crippen LogP contribution in [0.15, 0.2) is 42.5 Å². The molecule has 0 aliphatic carbocycles. The van der Waals surface area contributed by atoms with Gasteiger partial charge in [-0.05, 0) is 30.7 Å². The fourth-order valence-electron chi connectivity index (χ4n) is 1.97. The van der Waals surface area contributed by atoms with E-state index in [4.69, 9.17) is 16.9 Å². The van der Waals surface area contributed by atoms with E-state index in [1.54, 1.807) is 12.1 Å². The van der Waals surface area contributed by atoms with Crippen LogP contribution in [0.1, 0.15) is 16.7 Å². The van der Waals surface area contributed by atoms with Gasteiger partial charge in [-0.2, -0.15) is 5.26 Å². The van der Waals surface area contributed by atoms with Gasteiger partial charge < -0.3 is 4.90 Å². The van der Waals surface area contributed by atoms with E-state index in [9.17, 15) is 0 Å². The van der Waals surface area contributed by atoms with Gasteiger partial charge in [0.2, 0.25) is 0 Å². The predicted molar refractivity (Wildman–Crippen MR) is 79.5 cm³/mol. The van der Waals surface area contributed by atoms with Gasteiger partial charge in [0.15, 0.2) is 0 Å². The van der Waals surface area contributed by atoms with E-state index in [1.807, 2.05) is 18.0 Å². The van der Waals surface area contributed by atoms with Crippen molar-refractivity contribution < 1.29 is 0 Å². The van der Waals surface area contributed by atoms with Crippen molar-refractivity contribution >= 4 is 17.3 Å². The monoisotopic (exact) mass is 270 g/mol. The van der Waals surface area contributed by atoms with Crippen molar-refractivity contribution in [1.82, 2.24) is 0 Å². The largest absolute Gasteiger partial charge is 0.369 e. The third-order valence-electron chi connectivity index (χ3n) is 3.03. The second kappa shape index (κ2) is 5.77. The summed E-state index contributed by atoms with van der Waals surface area (Å²) in [7, 11) is 1.96. The summed E-state index contributed by atoms with van der Waals surface area (Å²) in [5, 5.41) is 9.78. The molecule has 0 unspecified atom stereocenters. The average Bonchev–Trinajstić information content (AvgIpc) is 2.41. The van der Waals surface area contributed by atoms with Crippen LogP contribution in [0.3, 0.4) is 0 Å². The van der Waals surface area contributed by atoms with Gasteiger partial charge in [-0.1, -0.05) is 41.4 Å². The average molecular weight is 271 g/mol. The standard InChI is InChI=1S/C16H15ClN2/c1-12-3-5-13(6-4-12)11-19(2)16-9-15(17)8-7-14(16)10-18/h3-9H,11H2,1-2H3. The fraction of sp³-hybridized carbons (Fsp3) is 0.188. The van der Waals surface area contributed by atoms with Crippen LogP contribution in [-0.2, 0) is 6.54 Å². The Bertz CT molecular complexity index is 612. The predicted octanol–water partition coefficient (Wildman–Crippen LogP) is 4.16. The number of hydrogen-bond acceptors (Lipinski definition) is 2. The zero-order chi connectivity index (χ0) is 13.8. The lowest BCUT2D eigenvalue weighted by Gasteiger charge is -2.21. The zero-order valence-electron chi connectivity index (χ0n) is 11.0. The molecule has 0 amide bonds. The van der Waals surface area contributed by atoms with Crippen LogP contribution < -0.4 is 4.90 Å². The molecule has 2 nitrogen and oxygen atoms in total. The Morgan fingerprint density at radius 3 is 2.47 bits per heavy atom. The lowest BCUT2D eigenvalue weighted by atomic mass is 10.1. The SMILES string of the molecule is Cc1ccc(CN(C)c2cc(Cl)ccc2C#N)cc1. The van der Waals surface area contributed by atoms with Crippen molar-refractivity contribution in [3.05, 3.63) is 64.2 Å². The molecule has 0 heterocycles. The number of benzene rings is 2. The molecule has 96 valence electrons. The summed E-state index contributed by atoms with van der Waals surface area (Å²) < 4.78 is 0. The minimum atomic E-state index is 0.638. The number of rotatable bonds is 3. The molecule has 0 bridgehead atoms. The highest BCUT2D eigenvalue weighted by atomic mass is 35.5. The second-order valence-corrected chi connectivity index (χ2v) is 5.05. The van der Waals surface area contributed by atoms with Crippen molar-refractivity contribution in [2.24, 2.45) is 0 Å². The smallest absolute Gasteiger partial charge is 0.101 e. The van der Waals surface area contributed by atoms with E-state index < -0.39 is 0 Å². The van der Waals surface area contributed by atoms with Gasteiger partial charge in [-0.3, -0.25) is 0 Å². The lowest BCUT2D eigenvalue weighted by Crippen LogP contribution is -2.17. The molecule has 19 heavy (non-hydrogen) atoms. The molecular weight excluding hydrogens is 256 g/mol. The van der Waals surface area contributed by atoms with Gasteiger partial charge in [0.1, 0.15) is 6.07 Å². The summed E-state index contributed by atoms with van der Waals surface area (Å²) in [6, 6.07) is 15.9. The normalized spacial score (nSPS) is 10.0.